The molecule has 0 bridgehead atoms. The van der Waals surface area contributed by atoms with Gasteiger partial charge in [0.05, 0.1) is 5.92 Å². The van der Waals surface area contributed by atoms with Crippen molar-refractivity contribution in [1.82, 2.24) is 5.32 Å². The molecule has 0 radical (unpaired) electrons. The van der Waals surface area contributed by atoms with Crippen molar-refractivity contribution in [3.8, 4) is 0 Å². The molecule has 3 heteroatoms. The van der Waals surface area contributed by atoms with Gasteiger partial charge in [-0.1, -0.05) is 20.3 Å². The zero-order chi connectivity index (χ0) is 9.84. The van der Waals surface area contributed by atoms with Crippen LogP contribution in [0.4, 0.5) is 0 Å². The maximum Gasteiger partial charge on any atom is 0.306 e. The molecule has 76 valence electrons. The smallest absolute Gasteiger partial charge is 0.306 e. The third-order valence-corrected chi connectivity index (χ3v) is 2.76. The van der Waals surface area contributed by atoms with Gasteiger partial charge in [-0.15, -0.1) is 0 Å². The molecule has 1 saturated carbocycles. The summed E-state index contributed by atoms with van der Waals surface area (Å²) in [5, 5.41) is 12.2. The molecule has 1 aliphatic carbocycles. The summed E-state index contributed by atoms with van der Waals surface area (Å²) in [7, 11) is 0. The van der Waals surface area contributed by atoms with Crippen LogP contribution >= 0.6 is 0 Å². The minimum atomic E-state index is -0.618. The molecule has 2 atom stereocenters. The summed E-state index contributed by atoms with van der Waals surface area (Å²) in [5.74, 6) is -0.376. The monoisotopic (exact) mass is 185 g/mol. The first-order chi connectivity index (χ1) is 6.11. The van der Waals surface area contributed by atoms with E-state index in [0.717, 1.165) is 25.8 Å². The number of carboxylic acids is 1. The Labute approximate surface area is 79.5 Å². The fourth-order valence-corrected chi connectivity index (χ4v) is 1.99. The van der Waals surface area contributed by atoms with Gasteiger partial charge in [-0.2, -0.15) is 0 Å². The van der Waals surface area contributed by atoms with E-state index in [9.17, 15) is 4.79 Å². The van der Waals surface area contributed by atoms with Crippen LogP contribution in [0.5, 0.6) is 0 Å². The third kappa shape index (κ3) is 2.99. The van der Waals surface area contributed by atoms with Gasteiger partial charge < -0.3 is 10.4 Å². The van der Waals surface area contributed by atoms with Gasteiger partial charge in [0, 0.05) is 6.04 Å². The molecule has 3 nitrogen and oxygen atoms in total. The van der Waals surface area contributed by atoms with Crippen LogP contribution in [0.25, 0.3) is 0 Å². The van der Waals surface area contributed by atoms with Crippen molar-refractivity contribution < 1.29 is 9.90 Å². The minimum absolute atomic E-state index is 0.105. The fourth-order valence-electron chi connectivity index (χ4n) is 1.99. The highest BCUT2D eigenvalue weighted by molar-refractivity contribution is 5.70. The topological polar surface area (TPSA) is 49.3 Å². The summed E-state index contributed by atoms with van der Waals surface area (Å²) in [5.41, 5.74) is 0. The summed E-state index contributed by atoms with van der Waals surface area (Å²) in [6, 6.07) is 0.454. The van der Waals surface area contributed by atoms with Crippen molar-refractivity contribution in [2.45, 2.75) is 39.2 Å². The molecule has 0 heterocycles. The second-order valence-corrected chi connectivity index (χ2v) is 4.20. The summed E-state index contributed by atoms with van der Waals surface area (Å²) in [6.45, 7) is 5.03. The molecule has 2 N–H and O–H groups in total. The molecular formula is C10H19NO2. The Hall–Kier alpha value is -0.570. The summed E-state index contributed by atoms with van der Waals surface area (Å²) in [4.78, 5) is 10.8. The maximum absolute atomic E-state index is 10.8. The van der Waals surface area contributed by atoms with E-state index >= 15 is 0 Å². The van der Waals surface area contributed by atoms with Crippen molar-refractivity contribution in [2.75, 3.05) is 6.54 Å². The van der Waals surface area contributed by atoms with Crippen LogP contribution in [-0.4, -0.2) is 23.7 Å². The lowest BCUT2D eigenvalue weighted by Crippen LogP contribution is -2.32. The van der Waals surface area contributed by atoms with Gasteiger partial charge in [0.15, 0.2) is 0 Å². The van der Waals surface area contributed by atoms with E-state index in [2.05, 4.69) is 19.2 Å². The molecular weight excluding hydrogens is 166 g/mol. The molecule has 1 aliphatic rings. The predicted molar refractivity (Wildman–Crippen MR) is 51.6 cm³/mol. The summed E-state index contributed by atoms with van der Waals surface area (Å²) < 4.78 is 0. The Bertz CT molecular complexity index is 180. The van der Waals surface area contributed by atoms with Gasteiger partial charge in [0.2, 0.25) is 0 Å². The van der Waals surface area contributed by atoms with Crippen molar-refractivity contribution in [3.63, 3.8) is 0 Å². The molecule has 0 saturated heterocycles. The van der Waals surface area contributed by atoms with Crippen molar-refractivity contribution in [1.29, 1.82) is 0 Å². The highest BCUT2D eigenvalue weighted by atomic mass is 16.4. The van der Waals surface area contributed by atoms with Crippen LogP contribution in [0.1, 0.15) is 33.1 Å². The summed E-state index contributed by atoms with van der Waals surface area (Å²) in [6.07, 6.45) is 3.00. The highest BCUT2D eigenvalue weighted by Crippen LogP contribution is 2.31. The fraction of sp³-hybridized carbons (Fsp3) is 0.900. The van der Waals surface area contributed by atoms with Crippen LogP contribution in [0.15, 0.2) is 0 Å². The van der Waals surface area contributed by atoms with E-state index in [4.69, 9.17) is 5.11 Å². The molecule has 0 aromatic heterocycles. The third-order valence-electron chi connectivity index (χ3n) is 2.76. The van der Waals surface area contributed by atoms with Crippen molar-refractivity contribution in [2.24, 2.45) is 11.8 Å². The number of hydrogen-bond donors (Lipinski definition) is 2. The molecule has 13 heavy (non-hydrogen) atoms. The number of carboxylic acid groups (broad SMARTS) is 1. The van der Waals surface area contributed by atoms with Crippen LogP contribution in [0, 0.1) is 11.8 Å². The quantitative estimate of drug-likeness (QED) is 0.697. The molecule has 1 fully saturated rings. The molecule has 0 aromatic carbocycles. The number of hydrogen-bond acceptors (Lipinski definition) is 2. The SMILES string of the molecule is CC(C)NCC1CCCC1C(=O)O. The number of aliphatic carboxylic acids is 1. The number of nitrogens with one attached hydrogen (secondary N) is 1. The standard InChI is InChI=1S/C10H19NO2/c1-7(2)11-6-8-4-3-5-9(8)10(12)13/h7-9,11H,3-6H2,1-2H3,(H,12,13). The van der Waals surface area contributed by atoms with E-state index in [1.54, 1.807) is 0 Å². The van der Waals surface area contributed by atoms with E-state index < -0.39 is 5.97 Å². The number of carbonyl (C=O) groups is 1. The average Bonchev–Trinajstić information content (AvgIpc) is 2.47. The van der Waals surface area contributed by atoms with E-state index in [0.29, 0.717) is 12.0 Å². The zero-order valence-electron chi connectivity index (χ0n) is 8.42. The van der Waals surface area contributed by atoms with Gasteiger partial charge in [0.1, 0.15) is 0 Å². The Kier molecular flexibility index (Phi) is 3.72. The molecule has 0 aromatic rings. The zero-order valence-corrected chi connectivity index (χ0v) is 8.42. The lowest BCUT2D eigenvalue weighted by Gasteiger charge is -2.17. The van der Waals surface area contributed by atoms with Crippen LogP contribution < -0.4 is 5.32 Å². The van der Waals surface area contributed by atoms with Crippen LogP contribution in [0.2, 0.25) is 0 Å². The Morgan fingerprint density at radius 2 is 2.23 bits per heavy atom. The van der Waals surface area contributed by atoms with Crippen molar-refractivity contribution >= 4 is 5.97 Å². The molecule has 0 spiro atoms. The van der Waals surface area contributed by atoms with Gasteiger partial charge in [-0.3, -0.25) is 4.79 Å². The molecule has 0 amide bonds. The van der Waals surface area contributed by atoms with Gasteiger partial charge >= 0.3 is 5.97 Å². The maximum atomic E-state index is 10.8. The minimum Gasteiger partial charge on any atom is -0.481 e. The van der Waals surface area contributed by atoms with Gasteiger partial charge in [-0.25, -0.2) is 0 Å². The normalized spacial score (nSPS) is 28.2. The second-order valence-electron chi connectivity index (χ2n) is 4.20. The second kappa shape index (κ2) is 4.61. The Morgan fingerprint density at radius 3 is 2.77 bits per heavy atom. The molecule has 2 unspecified atom stereocenters. The summed E-state index contributed by atoms with van der Waals surface area (Å²) >= 11 is 0. The Balaban J connectivity index is 2.35. The van der Waals surface area contributed by atoms with Crippen molar-refractivity contribution in [3.05, 3.63) is 0 Å². The number of rotatable bonds is 4. The first-order valence-corrected chi connectivity index (χ1v) is 5.07. The van der Waals surface area contributed by atoms with Crippen LogP contribution in [-0.2, 0) is 4.79 Å². The Morgan fingerprint density at radius 1 is 1.54 bits per heavy atom. The van der Waals surface area contributed by atoms with Gasteiger partial charge in [0.25, 0.3) is 0 Å². The largest absolute Gasteiger partial charge is 0.481 e. The molecule has 1 rings (SSSR count). The first kappa shape index (κ1) is 10.5. The van der Waals surface area contributed by atoms with E-state index in [1.807, 2.05) is 0 Å². The predicted octanol–water partition coefficient (Wildman–Crippen LogP) is 1.49. The van der Waals surface area contributed by atoms with E-state index in [-0.39, 0.29) is 5.92 Å². The van der Waals surface area contributed by atoms with Gasteiger partial charge in [-0.05, 0) is 25.3 Å². The van der Waals surface area contributed by atoms with E-state index in [1.165, 1.54) is 0 Å². The lowest BCUT2D eigenvalue weighted by atomic mass is 9.96. The highest BCUT2D eigenvalue weighted by Gasteiger charge is 2.32. The average molecular weight is 185 g/mol. The first-order valence-electron chi connectivity index (χ1n) is 5.07. The molecule has 0 aliphatic heterocycles. The lowest BCUT2D eigenvalue weighted by molar-refractivity contribution is -0.142. The van der Waals surface area contributed by atoms with Crippen LogP contribution in [0.3, 0.4) is 0 Å².